The van der Waals surface area contributed by atoms with Gasteiger partial charge in [0.1, 0.15) is 36.7 Å². The summed E-state index contributed by atoms with van der Waals surface area (Å²) in [5.74, 6) is 2.00. The molecule has 13 heteroatoms. The second kappa shape index (κ2) is 16.7. The Morgan fingerprint density at radius 3 is 2.10 bits per heavy atom. The summed E-state index contributed by atoms with van der Waals surface area (Å²) >= 11 is 0. The van der Waals surface area contributed by atoms with Crippen molar-refractivity contribution in [3.05, 3.63) is 66.6 Å². The minimum absolute atomic E-state index is 0.115. The van der Waals surface area contributed by atoms with Gasteiger partial charge in [-0.25, -0.2) is 19.7 Å². The predicted molar refractivity (Wildman–Crippen MR) is 181 cm³/mol. The summed E-state index contributed by atoms with van der Waals surface area (Å²) in [5, 5.41) is 3.43. The Balaban J connectivity index is 1.40. The molecule has 0 aliphatic rings. The first-order valence-corrected chi connectivity index (χ1v) is 15.5. The van der Waals surface area contributed by atoms with Gasteiger partial charge < -0.3 is 33.7 Å². The van der Waals surface area contributed by atoms with E-state index in [1.807, 2.05) is 34.6 Å². The smallest absolute Gasteiger partial charge is 0.415 e. The summed E-state index contributed by atoms with van der Waals surface area (Å²) in [6, 6.07) is 13.9. The van der Waals surface area contributed by atoms with Gasteiger partial charge in [0.15, 0.2) is 11.5 Å². The highest BCUT2D eigenvalue weighted by Gasteiger charge is 2.26. The third-order valence-electron chi connectivity index (χ3n) is 6.66. The van der Waals surface area contributed by atoms with Crippen LogP contribution >= 0.6 is 0 Å². The highest BCUT2D eigenvalue weighted by atomic mass is 16.6. The second-order valence-electron chi connectivity index (χ2n) is 12.0. The van der Waals surface area contributed by atoms with Crippen LogP contribution in [0.1, 0.15) is 40.2 Å². The molecule has 0 saturated carbocycles. The number of aromatic nitrogens is 3. The van der Waals surface area contributed by atoms with E-state index in [9.17, 15) is 9.59 Å². The van der Waals surface area contributed by atoms with Crippen LogP contribution in [0.25, 0.3) is 10.9 Å². The number of amides is 2. The average Bonchev–Trinajstić information content (AvgIpc) is 3.02. The number of anilines is 2. The number of pyridine rings is 1. The van der Waals surface area contributed by atoms with Gasteiger partial charge in [-0.15, -0.1) is 0 Å². The van der Waals surface area contributed by atoms with Crippen molar-refractivity contribution in [2.75, 3.05) is 50.9 Å². The Hall–Kier alpha value is -5.01. The van der Waals surface area contributed by atoms with Gasteiger partial charge in [-0.2, -0.15) is 0 Å². The molecule has 13 nitrogen and oxygen atoms in total. The van der Waals surface area contributed by atoms with Crippen LogP contribution in [0.15, 0.2) is 61.1 Å². The zero-order valence-electron chi connectivity index (χ0n) is 28.4. The van der Waals surface area contributed by atoms with Crippen molar-refractivity contribution in [2.45, 2.75) is 52.7 Å². The van der Waals surface area contributed by atoms with E-state index >= 15 is 0 Å². The summed E-state index contributed by atoms with van der Waals surface area (Å²) < 4.78 is 33.6. The fourth-order valence-electron chi connectivity index (χ4n) is 4.50. The van der Waals surface area contributed by atoms with Crippen molar-refractivity contribution < 1.29 is 38.0 Å². The summed E-state index contributed by atoms with van der Waals surface area (Å²) in [6.07, 6.45) is 2.60. The summed E-state index contributed by atoms with van der Waals surface area (Å²) in [4.78, 5) is 40.1. The van der Waals surface area contributed by atoms with Crippen molar-refractivity contribution in [1.29, 1.82) is 0 Å². The first kappa shape index (κ1) is 35.8. The van der Waals surface area contributed by atoms with Crippen LogP contribution in [0.5, 0.6) is 23.1 Å². The van der Waals surface area contributed by atoms with Gasteiger partial charge in [-0.3, -0.25) is 9.69 Å². The number of fused-ring (bicyclic) bond motifs is 1. The molecule has 2 aromatic heterocycles. The fraction of sp³-hybridized carbons (Fsp3) is 0.400. The van der Waals surface area contributed by atoms with Gasteiger partial charge in [0.25, 0.3) is 0 Å². The molecule has 0 fully saturated rings. The number of hydrogen-bond acceptors (Lipinski definition) is 11. The minimum Gasteiger partial charge on any atom is -0.487 e. The Morgan fingerprint density at radius 1 is 0.854 bits per heavy atom. The normalized spacial score (nSPS) is 11.3. The Bertz CT molecular complexity index is 1660. The lowest BCUT2D eigenvalue weighted by Gasteiger charge is -2.30. The molecule has 2 aromatic carbocycles. The van der Waals surface area contributed by atoms with Gasteiger partial charge in [0, 0.05) is 26.3 Å². The molecule has 0 spiro atoms. The predicted octanol–water partition coefficient (Wildman–Crippen LogP) is 6.20. The molecule has 0 radical (unpaired) electrons. The number of rotatable bonds is 15. The standard InChI is InChI=1S/C35H43N5O8/c1-23(2)40(34(42)48-35(3,4)5)25-10-13-31(36-21-25)39-32(41)18-24-8-11-26(12-9-24)47-33-27-19-29(45-16-14-43-6)30(46-17-15-44-7)20-28(27)37-22-38-33/h8-13,19-23H,14-18H2,1-7H3,(H,36,39,41). The molecule has 1 N–H and O–H groups in total. The van der Waals surface area contributed by atoms with E-state index in [0.717, 1.165) is 5.56 Å². The van der Waals surface area contributed by atoms with E-state index in [1.54, 1.807) is 62.8 Å². The van der Waals surface area contributed by atoms with Crippen molar-refractivity contribution in [2.24, 2.45) is 0 Å². The van der Waals surface area contributed by atoms with Crippen LogP contribution in [-0.4, -0.2) is 79.2 Å². The van der Waals surface area contributed by atoms with E-state index in [2.05, 4.69) is 20.3 Å². The number of benzene rings is 2. The van der Waals surface area contributed by atoms with Crippen LogP contribution in [0.2, 0.25) is 0 Å². The molecular formula is C35H43N5O8. The van der Waals surface area contributed by atoms with Gasteiger partial charge >= 0.3 is 6.09 Å². The van der Waals surface area contributed by atoms with E-state index in [4.69, 9.17) is 28.4 Å². The summed E-state index contributed by atoms with van der Waals surface area (Å²) in [7, 11) is 3.21. The SMILES string of the molecule is COCCOc1cc2ncnc(Oc3ccc(CC(=O)Nc4ccc(N(C(=O)OC(C)(C)C)C(C)C)cn4)cc3)c2cc1OCCOC. The second-order valence-corrected chi connectivity index (χ2v) is 12.0. The molecule has 0 unspecified atom stereocenters. The van der Waals surface area contributed by atoms with Crippen molar-refractivity contribution in [1.82, 2.24) is 15.0 Å². The molecule has 2 heterocycles. The number of hydrogen-bond donors (Lipinski definition) is 1. The van der Waals surface area contributed by atoms with Crippen LogP contribution in [0.4, 0.5) is 16.3 Å². The molecule has 0 saturated heterocycles. The van der Waals surface area contributed by atoms with Crippen LogP contribution in [-0.2, 0) is 25.4 Å². The molecule has 256 valence electrons. The van der Waals surface area contributed by atoms with E-state index in [0.29, 0.717) is 72.0 Å². The number of methoxy groups -OCH3 is 2. The number of nitrogens with zero attached hydrogens (tertiary/aromatic N) is 4. The molecule has 0 bridgehead atoms. The summed E-state index contributed by atoms with van der Waals surface area (Å²) in [5.41, 5.74) is 1.32. The van der Waals surface area contributed by atoms with Gasteiger partial charge in [-0.1, -0.05) is 12.1 Å². The molecule has 2 amide bonds. The van der Waals surface area contributed by atoms with Gasteiger partial charge in [0.05, 0.1) is 42.4 Å². The molecule has 4 rings (SSSR count). The Kier molecular flexibility index (Phi) is 12.5. The van der Waals surface area contributed by atoms with Crippen LogP contribution in [0, 0.1) is 0 Å². The molecule has 0 atom stereocenters. The van der Waals surface area contributed by atoms with E-state index in [1.165, 1.54) is 17.4 Å². The average molecular weight is 662 g/mol. The van der Waals surface area contributed by atoms with Crippen molar-refractivity contribution in [3.8, 4) is 23.1 Å². The van der Waals surface area contributed by atoms with Crippen LogP contribution in [0.3, 0.4) is 0 Å². The molecule has 4 aromatic rings. The number of carbonyl (C=O) groups is 2. The number of ether oxygens (including phenoxy) is 6. The number of carbonyl (C=O) groups excluding carboxylic acids is 2. The fourth-order valence-corrected chi connectivity index (χ4v) is 4.50. The quantitative estimate of drug-likeness (QED) is 0.146. The lowest BCUT2D eigenvalue weighted by atomic mass is 10.1. The first-order chi connectivity index (χ1) is 23.0. The van der Waals surface area contributed by atoms with Crippen LogP contribution < -0.4 is 24.4 Å². The molecule has 0 aliphatic carbocycles. The van der Waals surface area contributed by atoms with Crippen molar-refractivity contribution >= 4 is 34.4 Å². The van der Waals surface area contributed by atoms with E-state index in [-0.39, 0.29) is 18.4 Å². The Morgan fingerprint density at radius 2 is 1.52 bits per heavy atom. The first-order valence-electron chi connectivity index (χ1n) is 15.5. The largest absolute Gasteiger partial charge is 0.487 e. The third kappa shape index (κ3) is 10.2. The monoisotopic (exact) mass is 661 g/mol. The minimum atomic E-state index is -0.631. The molecule has 0 aliphatic heterocycles. The maximum atomic E-state index is 12.8. The lowest BCUT2D eigenvalue weighted by molar-refractivity contribution is -0.115. The zero-order valence-corrected chi connectivity index (χ0v) is 28.4. The molecule has 48 heavy (non-hydrogen) atoms. The van der Waals surface area contributed by atoms with Crippen molar-refractivity contribution in [3.63, 3.8) is 0 Å². The van der Waals surface area contributed by atoms with E-state index < -0.39 is 11.7 Å². The highest BCUT2D eigenvalue weighted by Crippen LogP contribution is 2.36. The number of nitrogens with one attached hydrogen (secondary N) is 1. The maximum Gasteiger partial charge on any atom is 0.415 e. The Labute approximate surface area is 280 Å². The zero-order chi connectivity index (χ0) is 34.7. The van der Waals surface area contributed by atoms with Gasteiger partial charge in [-0.05, 0) is 70.5 Å². The maximum absolute atomic E-state index is 12.8. The lowest BCUT2D eigenvalue weighted by Crippen LogP contribution is -2.41. The third-order valence-corrected chi connectivity index (χ3v) is 6.66. The van der Waals surface area contributed by atoms with Gasteiger partial charge in [0.2, 0.25) is 11.8 Å². The summed E-state index contributed by atoms with van der Waals surface area (Å²) in [6.45, 7) is 10.7. The highest BCUT2D eigenvalue weighted by molar-refractivity contribution is 5.92. The topological polar surface area (TPSA) is 143 Å². The molecular weight excluding hydrogens is 618 g/mol.